The summed E-state index contributed by atoms with van der Waals surface area (Å²) in [5.74, 6) is -0.422. The second-order valence-electron chi connectivity index (χ2n) is 9.58. The first-order valence-corrected chi connectivity index (χ1v) is 12.8. The lowest BCUT2D eigenvalue weighted by molar-refractivity contribution is -0.136. The number of piperidine rings is 1. The number of benzene rings is 1. The second kappa shape index (κ2) is 11.6. The fourth-order valence-corrected chi connectivity index (χ4v) is 4.80. The third-order valence-electron chi connectivity index (χ3n) is 6.90. The number of hydrogen-bond donors (Lipinski definition) is 2. The quantitative estimate of drug-likeness (QED) is 0.502. The molecule has 3 aliphatic rings. The predicted molar refractivity (Wildman–Crippen MR) is 133 cm³/mol. The molecule has 0 radical (unpaired) electrons. The van der Waals surface area contributed by atoms with Gasteiger partial charge in [0.25, 0.3) is 5.91 Å². The summed E-state index contributed by atoms with van der Waals surface area (Å²) in [7, 11) is 0. The van der Waals surface area contributed by atoms with Crippen molar-refractivity contribution in [1.29, 1.82) is 0 Å². The highest BCUT2D eigenvalue weighted by atomic mass is 16.5. The van der Waals surface area contributed by atoms with Gasteiger partial charge in [-0.05, 0) is 36.1 Å². The van der Waals surface area contributed by atoms with E-state index in [1.54, 1.807) is 18.3 Å². The lowest BCUT2D eigenvalue weighted by atomic mass is 10.0. The number of nitrogens with one attached hydrogen (secondary N) is 2. The van der Waals surface area contributed by atoms with Gasteiger partial charge in [0.15, 0.2) is 0 Å². The number of imide groups is 1. The van der Waals surface area contributed by atoms with Crippen molar-refractivity contribution in [2.24, 2.45) is 0 Å². The van der Waals surface area contributed by atoms with Gasteiger partial charge < -0.3 is 24.4 Å². The zero-order chi connectivity index (χ0) is 26.5. The van der Waals surface area contributed by atoms with Crippen LogP contribution in [0.2, 0.25) is 0 Å². The van der Waals surface area contributed by atoms with E-state index < -0.39 is 18.0 Å². The minimum Gasteiger partial charge on any atom is -0.474 e. The Kier molecular flexibility index (Phi) is 7.83. The van der Waals surface area contributed by atoms with Crippen molar-refractivity contribution in [2.75, 3.05) is 19.8 Å². The zero-order valence-corrected chi connectivity index (χ0v) is 20.9. The van der Waals surface area contributed by atoms with Gasteiger partial charge in [0, 0.05) is 55.7 Å². The van der Waals surface area contributed by atoms with Gasteiger partial charge >= 0.3 is 6.09 Å². The van der Waals surface area contributed by atoms with Crippen molar-refractivity contribution in [3.8, 4) is 5.88 Å². The summed E-state index contributed by atoms with van der Waals surface area (Å²) in [4.78, 5) is 54.5. The number of carbonyl (C=O) groups is 4. The number of rotatable bonds is 8. The van der Waals surface area contributed by atoms with Crippen LogP contribution >= 0.6 is 0 Å². The Labute approximate surface area is 219 Å². The topological polar surface area (TPSA) is 136 Å². The Morgan fingerprint density at radius 1 is 1.11 bits per heavy atom. The molecule has 2 aromatic rings. The molecule has 200 valence electrons. The third-order valence-corrected chi connectivity index (χ3v) is 6.90. The summed E-state index contributed by atoms with van der Waals surface area (Å²) in [6, 6.07) is 8.51. The van der Waals surface area contributed by atoms with Crippen LogP contribution in [0.5, 0.6) is 5.88 Å². The maximum Gasteiger partial charge on any atom is 0.407 e. The Balaban J connectivity index is 1.05. The molecule has 2 fully saturated rings. The smallest absolute Gasteiger partial charge is 0.407 e. The number of alkyl carbamates (subject to hydrolysis) is 1. The molecule has 38 heavy (non-hydrogen) atoms. The molecule has 1 unspecified atom stereocenters. The Morgan fingerprint density at radius 2 is 1.92 bits per heavy atom. The molecular formula is C27H30N4O7. The first-order chi connectivity index (χ1) is 18.5. The maximum absolute atomic E-state index is 13.0. The van der Waals surface area contributed by atoms with E-state index in [-0.39, 0.29) is 30.9 Å². The highest BCUT2D eigenvalue weighted by Gasteiger charge is 2.39. The van der Waals surface area contributed by atoms with Crippen LogP contribution in [0.3, 0.4) is 0 Å². The summed E-state index contributed by atoms with van der Waals surface area (Å²) >= 11 is 0. The van der Waals surface area contributed by atoms with E-state index in [9.17, 15) is 19.2 Å². The van der Waals surface area contributed by atoms with Gasteiger partial charge in [0.2, 0.25) is 17.7 Å². The van der Waals surface area contributed by atoms with Gasteiger partial charge in [-0.1, -0.05) is 12.1 Å². The standard InChI is InChI=1S/C27H30N4O7/c32-23-5-4-22(25(33)30-23)31-15-19-3-1-17(13-21(19)26(31)34)7-10-28-27(35)37-16-18-2-6-24(29-14-18)38-20-8-11-36-12-9-20/h1-3,6,13-14,20,22H,4-5,7-12,15-16H2,(H,28,35)(H,30,32,33). The van der Waals surface area contributed by atoms with Gasteiger partial charge in [-0.2, -0.15) is 0 Å². The molecule has 3 aliphatic heterocycles. The van der Waals surface area contributed by atoms with Crippen molar-refractivity contribution >= 4 is 23.8 Å². The average molecular weight is 523 g/mol. The summed E-state index contributed by atoms with van der Waals surface area (Å²) in [5.41, 5.74) is 3.02. The molecule has 0 aliphatic carbocycles. The molecule has 0 saturated carbocycles. The average Bonchev–Trinajstić information content (AvgIpc) is 3.24. The van der Waals surface area contributed by atoms with Crippen LogP contribution in [0.15, 0.2) is 36.5 Å². The molecule has 1 aromatic heterocycles. The minimum absolute atomic E-state index is 0.0832. The normalized spacial score (nSPS) is 19.6. The highest BCUT2D eigenvalue weighted by Crippen LogP contribution is 2.28. The number of hydrogen-bond acceptors (Lipinski definition) is 8. The Morgan fingerprint density at radius 3 is 2.68 bits per heavy atom. The van der Waals surface area contributed by atoms with E-state index in [0.29, 0.717) is 50.6 Å². The molecule has 2 N–H and O–H groups in total. The van der Waals surface area contributed by atoms with Gasteiger partial charge in [-0.25, -0.2) is 9.78 Å². The van der Waals surface area contributed by atoms with E-state index in [2.05, 4.69) is 15.6 Å². The number of fused-ring (bicyclic) bond motifs is 1. The molecule has 5 rings (SSSR count). The summed E-state index contributed by atoms with van der Waals surface area (Å²) in [6.45, 7) is 2.14. The van der Waals surface area contributed by atoms with Gasteiger partial charge in [0.1, 0.15) is 18.8 Å². The first kappa shape index (κ1) is 25.7. The highest BCUT2D eigenvalue weighted by molar-refractivity contribution is 6.05. The van der Waals surface area contributed by atoms with E-state index in [4.69, 9.17) is 14.2 Å². The van der Waals surface area contributed by atoms with Crippen molar-refractivity contribution in [3.63, 3.8) is 0 Å². The molecule has 4 heterocycles. The largest absolute Gasteiger partial charge is 0.474 e. The van der Waals surface area contributed by atoms with Crippen molar-refractivity contribution in [2.45, 2.75) is 57.4 Å². The van der Waals surface area contributed by atoms with Crippen molar-refractivity contribution < 1.29 is 33.4 Å². The lowest BCUT2D eigenvalue weighted by Gasteiger charge is -2.29. The predicted octanol–water partition coefficient (Wildman–Crippen LogP) is 1.87. The number of ether oxygens (including phenoxy) is 3. The fraction of sp³-hybridized carbons (Fsp3) is 0.444. The van der Waals surface area contributed by atoms with E-state index in [1.165, 1.54) is 4.90 Å². The molecule has 1 atom stereocenters. The summed E-state index contributed by atoms with van der Waals surface area (Å²) < 4.78 is 16.4. The number of aromatic nitrogens is 1. The van der Waals surface area contributed by atoms with E-state index in [1.807, 2.05) is 18.2 Å². The second-order valence-corrected chi connectivity index (χ2v) is 9.58. The SMILES string of the molecule is O=C1CCC(N2Cc3ccc(CCNC(=O)OCc4ccc(OC5CCOCC5)nc4)cc3C2=O)C(=O)N1. The first-order valence-electron chi connectivity index (χ1n) is 12.8. The van der Waals surface area contributed by atoms with E-state index in [0.717, 1.165) is 29.5 Å². The third kappa shape index (κ3) is 6.10. The van der Waals surface area contributed by atoms with Crippen molar-refractivity contribution in [1.82, 2.24) is 20.5 Å². The summed E-state index contributed by atoms with van der Waals surface area (Å²) in [6.07, 6.45) is 3.93. The van der Waals surface area contributed by atoms with Crippen LogP contribution < -0.4 is 15.4 Å². The maximum atomic E-state index is 13.0. The van der Waals surface area contributed by atoms with Crippen LogP contribution in [-0.4, -0.2) is 65.6 Å². The number of amides is 4. The summed E-state index contributed by atoms with van der Waals surface area (Å²) in [5, 5.41) is 5.02. The number of nitrogens with zero attached hydrogens (tertiary/aromatic N) is 2. The van der Waals surface area contributed by atoms with Crippen LogP contribution in [0.1, 0.15) is 52.7 Å². The van der Waals surface area contributed by atoms with Crippen molar-refractivity contribution in [3.05, 3.63) is 58.8 Å². The zero-order valence-electron chi connectivity index (χ0n) is 20.9. The van der Waals surface area contributed by atoms with Crippen LogP contribution in [0.4, 0.5) is 4.79 Å². The van der Waals surface area contributed by atoms with Crippen LogP contribution in [0.25, 0.3) is 0 Å². The van der Waals surface area contributed by atoms with Gasteiger partial charge in [-0.3, -0.25) is 19.7 Å². The van der Waals surface area contributed by atoms with Crippen LogP contribution in [-0.2, 0) is 38.6 Å². The lowest BCUT2D eigenvalue weighted by Crippen LogP contribution is -2.52. The van der Waals surface area contributed by atoms with E-state index >= 15 is 0 Å². The monoisotopic (exact) mass is 522 g/mol. The Bertz CT molecular complexity index is 1210. The minimum atomic E-state index is -0.640. The molecule has 11 nitrogen and oxygen atoms in total. The molecular weight excluding hydrogens is 492 g/mol. The molecule has 2 saturated heterocycles. The van der Waals surface area contributed by atoms with Gasteiger partial charge in [0.05, 0.1) is 13.2 Å². The number of pyridine rings is 1. The molecule has 4 amide bonds. The van der Waals surface area contributed by atoms with Crippen LogP contribution in [0, 0.1) is 0 Å². The number of carbonyl (C=O) groups excluding carboxylic acids is 4. The molecule has 0 bridgehead atoms. The fourth-order valence-electron chi connectivity index (χ4n) is 4.80. The Hall–Kier alpha value is -3.99. The molecule has 0 spiro atoms. The molecule has 11 heteroatoms. The molecule has 1 aromatic carbocycles. The van der Waals surface area contributed by atoms with Gasteiger partial charge in [-0.15, -0.1) is 0 Å².